The number of carbonyl (C=O) groups is 2. The molecule has 1 saturated heterocycles. The lowest BCUT2D eigenvalue weighted by Crippen LogP contribution is -2.51. The van der Waals surface area contributed by atoms with Gasteiger partial charge in [0.25, 0.3) is 0 Å². The molecule has 6 nitrogen and oxygen atoms in total. The summed E-state index contributed by atoms with van der Waals surface area (Å²) in [4.78, 5) is 28.6. The van der Waals surface area contributed by atoms with E-state index >= 15 is 0 Å². The monoisotopic (exact) mass is 437 g/mol. The zero-order chi connectivity index (χ0) is 21.7. The van der Waals surface area contributed by atoms with Crippen LogP contribution in [0.15, 0.2) is 42.5 Å². The lowest BCUT2D eigenvalue weighted by Gasteiger charge is -2.38. The van der Waals surface area contributed by atoms with Gasteiger partial charge in [0, 0.05) is 43.0 Å². The molecular formula is C21H22ClF2N3O3. The van der Waals surface area contributed by atoms with Crippen LogP contribution in [-0.4, -0.2) is 61.5 Å². The van der Waals surface area contributed by atoms with Crippen molar-refractivity contribution in [1.29, 1.82) is 0 Å². The van der Waals surface area contributed by atoms with Gasteiger partial charge >= 0.3 is 5.97 Å². The van der Waals surface area contributed by atoms with Crippen LogP contribution in [0, 0.1) is 11.6 Å². The average Bonchev–Trinajstić information content (AvgIpc) is 2.73. The summed E-state index contributed by atoms with van der Waals surface area (Å²) < 4.78 is 31.3. The number of methoxy groups -OCH3 is 1. The SMILES string of the molecule is COC(=O)C(c1ccccc1Cl)N1CCN(CC(=O)Nc2ccc(F)c(F)c2)CC1. The molecule has 0 saturated carbocycles. The smallest absolute Gasteiger partial charge is 0.327 e. The van der Waals surface area contributed by atoms with Crippen molar-refractivity contribution in [2.45, 2.75) is 6.04 Å². The van der Waals surface area contributed by atoms with E-state index in [1.54, 1.807) is 18.2 Å². The van der Waals surface area contributed by atoms with E-state index in [9.17, 15) is 18.4 Å². The zero-order valence-electron chi connectivity index (χ0n) is 16.4. The molecule has 2 aromatic carbocycles. The average molecular weight is 438 g/mol. The van der Waals surface area contributed by atoms with Crippen LogP contribution in [0.3, 0.4) is 0 Å². The Hall–Kier alpha value is -2.55. The molecule has 1 heterocycles. The van der Waals surface area contributed by atoms with E-state index in [1.165, 1.54) is 13.2 Å². The summed E-state index contributed by atoms with van der Waals surface area (Å²) in [6.45, 7) is 2.25. The van der Waals surface area contributed by atoms with Crippen LogP contribution in [0.4, 0.5) is 14.5 Å². The lowest BCUT2D eigenvalue weighted by molar-refractivity contribution is -0.148. The van der Waals surface area contributed by atoms with Crippen molar-refractivity contribution in [1.82, 2.24) is 9.80 Å². The lowest BCUT2D eigenvalue weighted by atomic mass is 10.0. The second-order valence-corrected chi connectivity index (χ2v) is 7.34. The molecule has 1 fully saturated rings. The fraction of sp³-hybridized carbons (Fsp3) is 0.333. The van der Waals surface area contributed by atoms with Gasteiger partial charge < -0.3 is 10.1 Å². The first kappa shape index (κ1) is 22.1. The zero-order valence-corrected chi connectivity index (χ0v) is 17.2. The number of nitrogens with zero attached hydrogens (tertiary/aromatic N) is 2. The van der Waals surface area contributed by atoms with E-state index in [1.807, 2.05) is 15.9 Å². The number of piperazine rings is 1. The largest absolute Gasteiger partial charge is 0.468 e. The summed E-state index contributed by atoms with van der Waals surface area (Å²) in [6.07, 6.45) is 0. The highest BCUT2D eigenvalue weighted by molar-refractivity contribution is 6.31. The van der Waals surface area contributed by atoms with Crippen molar-refractivity contribution < 1.29 is 23.1 Å². The normalized spacial score (nSPS) is 16.1. The number of hydrogen-bond acceptors (Lipinski definition) is 5. The summed E-state index contributed by atoms with van der Waals surface area (Å²) in [5.74, 6) is -2.71. The number of amides is 1. The molecule has 1 unspecified atom stereocenters. The summed E-state index contributed by atoms with van der Waals surface area (Å²) in [5, 5.41) is 3.05. The van der Waals surface area contributed by atoms with Gasteiger partial charge in [0.2, 0.25) is 5.91 Å². The van der Waals surface area contributed by atoms with Crippen molar-refractivity contribution in [3.8, 4) is 0 Å². The first-order chi connectivity index (χ1) is 14.4. The van der Waals surface area contributed by atoms with Gasteiger partial charge in [-0.25, -0.2) is 13.6 Å². The molecule has 3 rings (SSSR count). The second-order valence-electron chi connectivity index (χ2n) is 6.94. The van der Waals surface area contributed by atoms with E-state index in [-0.39, 0.29) is 18.1 Å². The van der Waals surface area contributed by atoms with Gasteiger partial charge in [-0.2, -0.15) is 0 Å². The molecule has 9 heteroatoms. The Morgan fingerprint density at radius 3 is 2.43 bits per heavy atom. The molecule has 2 aromatic rings. The summed E-state index contributed by atoms with van der Waals surface area (Å²) >= 11 is 6.29. The Balaban J connectivity index is 1.58. The molecule has 30 heavy (non-hydrogen) atoms. The highest BCUT2D eigenvalue weighted by Gasteiger charge is 2.32. The van der Waals surface area contributed by atoms with Crippen LogP contribution < -0.4 is 5.32 Å². The maximum atomic E-state index is 13.3. The van der Waals surface area contributed by atoms with Crippen molar-refractivity contribution in [3.05, 3.63) is 64.7 Å². The van der Waals surface area contributed by atoms with Crippen LogP contribution in [0.2, 0.25) is 5.02 Å². The van der Waals surface area contributed by atoms with Crippen LogP contribution >= 0.6 is 11.6 Å². The van der Waals surface area contributed by atoms with E-state index in [0.29, 0.717) is 36.8 Å². The van der Waals surface area contributed by atoms with Crippen LogP contribution in [-0.2, 0) is 14.3 Å². The Labute approximate surface area is 178 Å². The van der Waals surface area contributed by atoms with Crippen LogP contribution in [0.25, 0.3) is 0 Å². The van der Waals surface area contributed by atoms with Gasteiger partial charge in [0.15, 0.2) is 11.6 Å². The summed E-state index contributed by atoms with van der Waals surface area (Å²) in [5.41, 5.74) is 0.873. The first-order valence-electron chi connectivity index (χ1n) is 9.42. The number of halogens is 3. The Kier molecular flexibility index (Phi) is 7.36. The van der Waals surface area contributed by atoms with Crippen molar-refractivity contribution in [2.24, 2.45) is 0 Å². The van der Waals surface area contributed by atoms with E-state index in [4.69, 9.17) is 16.3 Å². The summed E-state index contributed by atoms with van der Waals surface area (Å²) in [6, 6.07) is 9.72. The van der Waals surface area contributed by atoms with Gasteiger partial charge in [-0.1, -0.05) is 29.8 Å². The van der Waals surface area contributed by atoms with Crippen molar-refractivity contribution >= 4 is 29.2 Å². The second kappa shape index (κ2) is 9.97. The molecule has 0 bridgehead atoms. The third-order valence-corrected chi connectivity index (χ3v) is 5.31. The van der Waals surface area contributed by atoms with E-state index in [2.05, 4.69) is 5.32 Å². The van der Waals surface area contributed by atoms with E-state index in [0.717, 1.165) is 12.1 Å². The number of ether oxygens (including phenoxy) is 1. The third kappa shape index (κ3) is 5.33. The van der Waals surface area contributed by atoms with Crippen LogP contribution in [0.1, 0.15) is 11.6 Å². The minimum Gasteiger partial charge on any atom is -0.468 e. The minimum absolute atomic E-state index is 0.0990. The highest BCUT2D eigenvalue weighted by Crippen LogP contribution is 2.29. The number of nitrogens with one attached hydrogen (secondary N) is 1. The number of esters is 1. The first-order valence-corrected chi connectivity index (χ1v) is 9.80. The maximum absolute atomic E-state index is 13.3. The van der Waals surface area contributed by atoms with Gasteiger partial charge in [-0.15, -0.1) is 0 Å². The number of anilines is 1. The number of rotatable bonds is 6. The molecule has 1 atom stereocenters. The molecule has 1 aliphatic rings. The molecule has 160 valence electrons. The molecule has 1 aliphatic heterocycles. The van der Waals surface area contributed by atoms with Gasteiger partial charge in [0.1, 0.15) is 6.04 Å². The fourth-order valence-electron chi connectivity index (χ4n) is 3.44. The number of benzene rings is 2. The minimum atomic E-state index is -1.02. The van der Waals surface area contributed by atoms with Crippen molar-refractivity contribution in [2.75, 3.05) is 45.2 Å². The maximum Gasteiger partial charge on any atom is 0.327 e. The van der Waals surface area contributed by atoms with Gasteiger partial charge in [-0.3, -0.25) is 14.6 Å². The third-order valence-electron chi connectivity index (χ3n) is 4.97. The standard InChI is InChI=1S/C21H22ClF2N3O3/c1-30-21(29)20(15-4-2-3-5-16(15)22)27-10-8-26(9-11-27)13-19(28)25-14-6-7-17(23)18(24)12-14/h2-7,12,20H,8-11,13H2,1H3,(H,25,28). The van der Waals surface area contributed by atoms with Gasteiger partial charge in [0.05, 0.1) is 13.7 Å². The molecule has 1 amide bonds. The topological polar surface area (TPSA) is 61.9 Å². The number of carbonyl (C=O) groups excluding carboxylic acids is 2. The molecule has 0 aromatic heterocycles. The quantitative estimate of drug-likeness (QED) is 0.704. The summed E-state index contributed by atoms with van der Waals surface area (Å²) in [7, 11) is 1.34. The molecule has 0 radical (unpaired) electrons. The molecule has 0 aliphatic carbocycles. The van der Waals surface area contributed by atoms with Gasteiger partial charge in [-0.05, 0) is 23.8 Å². The predicted molar refractivity (Wildman–Crippen MR) is 109 cm³/mol. The van der Waals surface area contributed by atoms with Crippen LogP contribution in [0.5, 0.6) is 0 Å². The van der Waals surface area contributed by atoms with Crippen molar-refractivity contribution in [3.63, 3.8) is 0 Å². The Morgan fingerprint density at radius 1 is 1.10 bits per heavy atom. The molecule has 1 N–H and O–H groups in total. The highest BCUT2D eigenvalue weighted by atomic mass is 35.5. The number of hydrogen-bond donors (Lipinski definition) is 1. The predicted octanol–water partition coefficient (Wildman–Crippen LogP) is 3.09. The van der Waals surface area contributed by atoms with E-state index < -0.39 is 23.6 Å². The molecule has 0 spiro atoms. The fourth-order valence-corrected chi connectivity index (χ4v) is 3.68. The Morgan fingerprint density at radius 2 is 1.80 bits per heavy atom. The Bertz CT molecular complexity index is 920. The molecular weight excluding hydrogens is 416 g/mol.